The van der Waals surface area contributed by atoms with Gasteiger partial charge in [0, 0.05) is 104 Å². The number of pyridine rings is 1. The number of fused-ring (bicyclic) bond motifs is 1. The van der Waals surface area contributed by atoms with Crippen LogP contribution in [-0.2, 0) is 47.4 Å². The Balaban J connectivity index is 1.21. The van der Waals surface area contributed by atoms with Gasteiger partial charge in [0.1, 0.15) is 0 Å². The maximum absolute atomic E-state index is 12.5. The van der Waals surface area contributed by atoms with E-state index in [-0.39, 0.29) is 0 Å². The maximum Gasteiger partial charge on any atom is 0.211 e. The van der Waals surface area contributed by atoms with Gasteiger partial charge >= 0.3 is 0 Å². The molecule has 0 atom stereocenters. The number of hydrogen-bond donors (Lipinski definition) is 1. The fraction of sp³-hybridized carbons (Fsp3) is 0.371. The molecule has 12 heteroatoms. The van der Waals surface area contributed by atoms with Crippen LogP contribution in [0.3, 0.4) is 0 Å². The second kappa shape index (κ2) is 15.3. The van der Waals surface area contributed by atoms with Crippen LogP contribution in [0.25, 0.3) is 11.3 Å². The van der Waals surface area contributed by atoms with Gasteiger partial charge < -0.3 is 10.1 Å². The van der Waals surface area contributed by atoms with Gasteiger partial charge in [-0.2, -0.15) is 9.40 Å². The van der Waals surface area contributed by atoms with E-state index in [1.54, 1.807) is 6.20 Å². The number of ether oxygens (including phenoxy) is 1. The lowest BCUT2D eigenvalue weighted by atomic mass is 10.0. The SMILES string of the molecule is CS(=O)(=O)N1CCc2c(c(-c3ccc(Cl)c(C#Cc4cncc(CNCc5ccc(Cl)cc5)c4)c3)nn2CCCN2CCOCC2)C1. The predicted molar refractivity (Wildman–Crippen MR) is 186 cm³/mol. The van der Waals surface area contributed by atoms with Gasteiger partial charge in [-0.05, 0) is 47.9 Å². The molecule has 2 aliphatic rings. The van der Waals surface area contributed by atoms with Crippen molar-refractivity contribution < 1.29 is 13.2 Å². The van der Waals surface area contributed by atoms with E-state index in [4.69, 9.17) is 33.0 Å². The molecule has 1 N–H and O–H groups in total. The number of nitrogens with one attached hydrogen (secondary N) is 1. The summed E-state index contributed by atoms with van der Waals surface area (Å²) in [6.07, 6.45) is 6.39. The summed E-state index contributed by atoms with van der Waals surface area (Å²) in [6.45, 7) is 7.27. The Morgan fingerprint density at radius 2 is 1.72 bits per heavy atom. The number of sulfonamides is 1. The molecule has 47 heavy (non-hydrogen) atoms. The van der Waals surface area contributed by atoms with E-state index in [2.05, 4.69) is 31.7 Å². The summed E-state index contributed by atoms with van der Waals surface area (Å²) in [5.74, 6) is 6.46. The monoisotopic (exact) mass is 692 g/mol. The summed E-state index contributed by atoms with van der Waals surface area (Å²) in [7, 11) is -3.35. The normalized spacial score (nSPS) is 15.6. The average molecular weight is 694 g/mol. The second-order valence-corrected chi connectivity index (χ2v) is 14.7. The number of halogens is 2. The standard InChI is InChI=1S/C35H38Cl2N6O3S/c1-47(44,45)42-14-11-34-32(25-42)35(40-43(34)13-2-12-41-15-17-46-18-16-41)30-7-10-33(37)29(20-30)6-3-27-19-28(24-39-22-27)23-38-21-26-4-8-31(36)9-5-26/h4-5,7-10,19-20,22,24,38H,2,11-18,21,23,25H2,1H3. The molecule has 0 bridgehead atoms. The van der Waals surface area contributed by atoms with Crippen LogP contribution in [0, 0.1) is 11.8 Å². The van der Waals surface area contributed by atoms with Crippen LogP contribution in [0.2, 0.25) is 10.0 Å². The number of morpholine rings is 1. The molecule has 6 rings (SSSR count). The van der Waals surface area contributed by atoms with Crippen molar-refractivity contribution in [2.24, 2.45) is 0 Å². The Morgan fingerprint density at radius 1 is 0.936 bits per heavy atom. The van der Waals surface area contributed by atoms with Crippen molar-refractivity contribution in [1.82, 2.24) is 29.3 Å². The van der Waals surface area contributed by atoms with Crippen molar-refractivity contribution in [1.29, 1.82) is 0 Å². The highest BCUT2D eigenvalue weighted by Crippen LogP contribution is 2.33. The Labute approximate surface area is 286 Å². The zero-order valence-electron chi connectivity index (χ0n) is 26.4. The molecular formula is C35H38Cl2N6O3S. The van der Waals surface area contributed by atoms with Crippen LogP contribution in [0.4, 0.5) is 0 Å². The highest BCUT2D eigenvalue weighted by Gasteiger charge is 2.30. The summed E-state index contributed by atoms with van der Waals surface area (Å²) in [6, 6.07) is 15.5. The van der Waals surface area contributed by atoms with Gasteiger partial charge in [0.15, 0.2) is 0 Å². The minimum atomic E-state index is -3.35. The van der Waals surface area contributed by atoms with E-state index in [1.807, 2.05) is 54.7 Å². The van der Waals surface area contributed by atoms with Gasteiger partial charge in [-0.3, -0.25) is 14.6 Å². The smallest absolute Gasteiger partial charge is 0.211 e. The molecule has 1 saturated heterocycles. The van der Waals surface area contributed by atoms with Crippen LogP contribution >= 0.6 is 23.2 Å². The molecule has 4 heterocycles. The van der Waals surface area contributed by atoms with Crippen molar-refractivity contribution in [3.05, 3.63) is 104 Å². The van der Waals surface area contributed by atoms with Gasteiger partial charge in [0.05, 0.1) is 30.2 Å². The van der Waals surface area contributed by atoms with Crippen molar-refractivity contribution in [2.75, 3.05) is 45.6 Å². The highest BCUT2D eigenvalue weighted by molar-refractivity contribution is 7.88. The minimum Gasteiger partial charge on any atom is -0.379 e. The molecule has 4 aromatic rings. The zero-order chi connectivity index (χ0) is 32.8. The third-order valence-electron chi connectivity index (χ3n) is 8.46. The number of aryl methyl sites for hydroxylation is 1. The molecule has 246 valence electrons. The second-order valence-electron chi connectivity index (χ2n) is 11.9. The van der Waals surface area contributed by atoms with E-state index in [0.717, 1.165) is 90.0 Å². The van der Waals surface area contributed by atoms with Gasteiger partial charge in [-0.25, -0.2) is 8.42 Å². The van der Waals surface area contributed by atoms with Crippen LogP contribution in [0.1, 0.15) is 39.9 Å². The fourth-order valence-electron chi connectivity index (χ4n) is 5.95. The molecule has 0 aliphatic carbocycles. The number of benzene rings is 2. The first-order valence-electron chi connectivity index (χ1n) is 15.8. The maximum atomic E-state index is 12.5. The van der Waals surface area contributed by atoms with Crippen molar-refractivity contribution >= 4 is 33.2 Å². The summed E-state index contributed by atoms with van der Waals surface area (Å²) in [5.41, 5.74) is 7.28. The molecule has 2 aliphatic heterocycles. The molecule has 0 amide bonds. The van der Waals surface area contributed by atoms with Gasteiger partial charge in [-0.15, -0.1) is 0 Å². The fourth-order valence-corrected chi connectivity index (χ4v) is 7.03. The first-order chi connectivity index (χ1) is 22.7. The van der Waals surface area contributed by atoms with E-state index < -0.39 is 10.0 Å². The number of nitrogens with zero attached hydrogens (tertiary/aromatic N) is 5. The predicted octanol–water partition coefficient (Wildman–Crippen LogP) is 4.98. The lowest BCUT2D eigenvalue weighted by Gasteiger charge is -2.27. The van der Waals surface area contributed by atoms with E-state index in [1.165, 1.54) is 10.6 Å². The molecule has 9 nitrogen and oxygen atoms in total. The van der Waals surface area contributed by atoms with Crippen LogP contribution in [0.15, 0.2) is 60.9 Å². The van der Waals surface area contributed by atoms with E-state index in [9.17, 15) is 8.42 Å². The quantitative estimate of drug-likeness (QED) is 0.235. The number of hydrogen-bond acceptors (Lipinski definition) is 7. The molecule has 2 aromatic heterocycles. The third kappa shape index (κ3) is 8.80. The molecule has 0 spiro atoms. The summed E-state index contributed by atoms with van der Waals surface area (Å²) >= 11 is 12.6. The van der Waals surface area contributed by atoms with E-state index in [0.29, 0.717) is 43.2 Å². The first kappa shape index (κ1) is 33.6. The third-order valence-corrected chi connectivity index (χ3v) is 10.3. The lowest BCUT2D eigenvalue weighted by molar-refractivity contribution is 0.0368. The Bertz CT molecular complexity index is 1880. The summed E-state index contributed by atoms with van der Waals surface area (Å²) < 4.78 is 34.1. The molecule has 2 aromatic carbocycles. The zero-order valence-corrected chi connectivity index (χ0v) is 28.7. The Kier molecular flexibility index (Phi) is 10.9. The van der Waals surface area contributed by atoms with Crippen molar-refractivity contribution in [3.63, 3.8) is 0 Å². The van der Waals surface area contributed by atoms with Gasteiger partial charge in [0.25, 0.3) is 0 Å². The van der Waals surface area contributed by atoms with Crippen LogP contribution in [0.5, 0.6) is 0 Å². The Morgan fingerprint density at radius 3 is 2.51 bits per heavy atom. The largest absolute Gasteiger partial charge is 0.379 e. The minimum absolute atomic E-state index is 0.293. The van der Waals surface area contributed by atoms with E-state index >= 15 is 0 Å². The van der Waals surface area contributed by atoms with Gasteiger partial charge in [0.2, 0.25) is 10.0 Å². The molecule has 0 saturated carbocycles. The average Bonchev–Trinajstić information content (AvgIpc) is 3.43. The molecular weight excluding hydrogens is 655 g/mol. The highest BCUT2D eigenvalue weighted by atomic mass is 35.5. The summed E-state index contributed by atoms with van der Waals surface area (Å²) in [5, 5.41) is 9.74. The molecule has 0 radical (unpaired) electrons. The molecule has 1 fully saturated rings. The van der Waals surface area contributed by atoms with Crippen molar-refractivity contribution in [3.8, 4) is 23.1 Å². The molecule has 0 unspecified atom stereocenters. The summed E-state index contributed by atoms with van der Waals surface area (Å²) in [4.78, 5) is 6.80. The van der Waals surface area contributed by atoms with Crippen molar-refractivity contribution in [2.45, 2.75) is 39.0 Å². The Hall–Kier alpha value is -3.27. The van der Waals surface area contributed by atoms with Crippen LogP contribution in [-0.4, -0.2) is 78.0 Å². The lowest BCUT2D eigenvalue weighted by Crippen LogP contribution is -2.37. The topological polar surface area (TPSA) is 92.6 Å². The van der Waals surface area contributed by atoms with Crippen LogP contribution < -0.4 is 5.32 Å². The van der Waals surface area contributed by atoms with Gasteiger partial charge in [-0.1, -0.05) is 53.2 Å². The number of aromatic nitrogens is 3. The number of rotatable bonds is 10. The first-order valence-corrected chi connectivity index (χ1v) is 18.4.